The number of aromatic nitrogens is 2. The minimum Gasteiger partial charge on any atom is -0.497 e. The van der Waals surface area contributed by atoms with Crippen LogP contribution in [0.5, 0.6) is 5.75 Å². The van der Waals surface area contributed by atoms with Gasteiger partial charge in [-0.3, -0.25) is 0 Å². The van der Waals surface area contributed by atoms with E-state index in [2.05, 4.69) is 21.4 Å². The predicted molar refractivity (Wildman–Crippen MR) is 89.2 cm³/mol. The van der Waals surface area contributed by atoms with Gasteiger partial charge in [0.15, 0.2) is 0 Å². The van der Waals surface area contributed by atoms with Gasteiger partial charge < -0.3 is 10.1 Å². The topological polar surface area (TPSA) is 70.8 Å². The summed E-state index contributed by atoms with van der Waals surface area (Å²) in [5, 5.41) is 13.2. The van der Waals surface area contributed by atoms with Gasteiger partial charge in [-0.1, -0.05) is 24.3 Å². The van der Waals surface area contributed by atoms with Crippen molar-refractivity contribution in [1.82, 2.24) is 9.97 Å². The van der Waals surface area contributed by atoms with E-state index in [1.165, 1.54) is 0 Å². The van der Waals surface area contributed by atoms with E-state index in [4.69, 9.17) is 10.00 Å². The van der Waals surface area contributed by atoms with Crippen LogP contribution in [-0.4, -0.2) is 17.1 Å². The van der Waals surface area contributed by atoms with E-state index in [9.17, 15) is 0 Å². The fourth-order valence-corrected chi connectivity index (χ4v) is 2.34. The van der Waals surface area contributed by atoms with Crippen LogP contribution in [0, 0.1) is 11.3 Å². The summed E-state index contributed by atoms with van der Waals surface area (Å²) in [6, 6.07) is 17.7. The van der Waals surface area contributed by atoms with E-state index >= 15 is 0 Å². The Morgan fingerprint density at radius 1 is 1.09 bits per heavy atom. The lowest BCUT2D eigenvalue weighted by Crippen LogP contribution is -2.05. The van der Waals surface area contributed by atoms with Crippen LogP contribution in [0.15, 0.2) is 48.5 Å². The van der Waals surface area contributed by atoms with E-state index in [1.807, 2.05) is 48.5 Å². The number of nitrogens with zero attached hydrogens (tertiary/aromatic N) is 3. The van der Waals surface area contributed by atoms with Gasteiger partial charge in [0.1, 0.15) is 17.4 Å². The molecular weight excluding hydrogens is 288 g/mol. The molecule has 0 saturated heterocycles. The summed E-state index contributed by atoms with van der Waals surface area (Å²) in [5.74, 6) is 2.11. The third-order valence-electron chi connectivity index (χ3n) is 3.51. The molecular formula is C18H16N4O. The molecule has 0 radical (unpaired) electrons. The van der Waals surface area contributed by atoms with Crippen LogP contribution in [0.2, 0.25) is 0 Å². The first-order valence-electron chi connectivity index (χ1n) is 7.29. The third kappa shape index (κ3) is 3.38. The molecule has 0 bridgehead atoms. The Hall–Kier alpha value is -3.13. The Morgan fingerprint density at radius 3 is 2.61 bits per heavy atom. The summed E-state index contributed by atoms with van der Waals surface area (Å²) in [4.78, 5) is 8.88. The molecule has 5 heteroatoms. The van der Waals surface area contributed by atoms with Crippen LogP contribution in [0.1, 0.15) is 11.4 Å². The normalized spacial score (nSPS) is 10.3. The van der Waals surface area contributed by atoms with Crippen molar-refractivity contribution in [2.75, 3.05) is 12.4 Å². The van der Waals surface area contributed by atoms with Crippen molar-refractivity contribution >= 4 is 16.7 Å². The van der Waals surface area contributed by atoms with Gasteiger partial charge in [0.2, 0.25) is 0 Å². The lowest BCUT2D eigenvalue weighted by molar-refractivity contribution is 0.414. The molecule has 0 aliphatic carbocycles. The molecule has 23 heavy (non-hydrogen) atoms. The number of anilines is 1. The molecule has 5 nitrogen and oxygen atoms in total. The van der Waals surface area contributed by atoms with E-state index in [0.29, 0.717) is 12.4 Å². The molecule has 0 amide bonds. The Kier molecular flexibility index (Phi) is 4.34. The first-order valence-corrected chi connectivity index (χ1v) is 7.29. The highest BCUT2D eigenvalue weighted by Crippen LogP contribution is 2.21. The van der Waals surface area contributed by atoms with Crippen molar-refractivity contribution in [2.24, 2.45) is 0 Å². The number of benzene rings is 2. The van der Waals surface area contributed by atoms with Gasteiger partial charge in [-0.25, -0.2) is 9.97 Å². The van der Waals surface area contributed by atoms with Gasteiger partial charge in [0.05, 0.1) is 25.1 Å². The van der Waals surface area contributed by atoms with Crippen molar-refractivity contribution in [3.63, 3.8) is 0 Å². The third-order valence-corrected chi connectivity index (χ3v) is 3.51. The molecule has 114 valence electrons. The van der Waals surface area contributed by atoms with Gasteiger partial charge in [-0.2, -0.15) is 5.26 Å². The molecule has 0 atom stereocenters. The van der Waals surface area contributed by atoms with Crippen molar-refractivity contribution in [3.8, 4) is 11.8 Å². The second-order valence-corrected chi connectivity index (χ2v) is 5.04. The van der Waals surface area contributed by atoms with Crippen LogP contribution in [0.25, 0.3) is 10.9 Å². The molecule has 3 aromatic rings. The first-order chi connectivity index (χ1) is 11.3. The summed E-state index contributed by atoms with van der Waals surface area (Å²) >= 11 is 0. The smallest absolute Gasteiger partial charge is 0.145 e. The molecule has 2 aromatic carbocycles. The Balaban J connectivity index is 1.87. The average molecular weight is 304 g/mol. The number of para-hydroxylation sites is 1. The molecule has 0 spiro atoms. The summed E-state index contributed by atoms with van der Waals surface area (Å²) in [5.41, 5.74) is 1.96. The van der Waals surface area contributed by atoms with Crippen LogP contribution < -0.4 is 10.1 Å². The summed E-state index contributed by atoms with van der Waals surface area (Å²) in [7, 11) is 1.65. The highest BCUT2D eigenvalue weighted by Gasteiger charge is 2.07. The predicted octanol–water partition coefficient (Wildman–Crippen LogP) is 3.32. The Labute approximate surface area is 134 Å². The standard InChI is InChI=1S/C18H16N4O/c1-23-14-8-6-13(7-9-14)12-20-18-15-4-2-3-5-16(15)21-17(22-18)10-11-19/h2-9H,10,12H2,1H3,(H,20,21,22). The van der Waals surface area contributed by atoms with Gasteiger partial charge in [-0.05, 0) is 29.8 Å². The van der Waals surface area contributed by atoms with Gasteiger partial charge >= 0.3 is 0 Å². The maximum Gasteiger partial charge on any atom is 0.145 e. The quantitative estimate of drug-likeness (QED) is 0.783. The fourth-order valence-electron chi connectivity index (χ4n) is 2.34. The van der Waals surface area contributed by atoms with Crippen LogP contribution in [0.4, 0.5) is 5.82 Å². The number of ether oxygens (including phenoxy) is 1. The summed E-state index contributed by atoms with van der Waals surface area (Å²) in [6.45, 7) is 0.636. The molecule has 0 fully saturated rings. The molecule has 1 aromatic heterocycles. The van der Waals surface area contributed by atoms with Gasteiger partial charge in [-0.15, -0.1) is 0 Å². The maximum atomic E-state index is 8.88. The van der Waals surface area contributed by atoms with Crippen molar-refractivity contribution in [2.45, 2.75) is 13.0 Å². The van der Waals surface area contributed by atoms with Gasteiger partial charge in [0.25, 0.3) is 0 Å². The van der Waals surface area contributed by atoms with Crippen molar-refractivity contribution in [3.05, 3.63) is 59.9 Å². The SMILES string of the molecule is COc1ccc(CNc2nc(CC#N)nc3ccccc23)cc1. The zero-order chi connectivity index (χ0) is 16.1. The Morgan fingerprint density at radius 2 is 1.87 bits per heavy atom. The van der Waals surface area contributed by atoms with Crippen molar-refractivity contribution < 1.29 is 4.74 Å². The number of hydrogen-bond acceptors (Lipinski definition) is 5. The molecule has 0 unspecified atom stereocenters. The highest BCUT2D eigenvalue weighted by molar-refractivity contribution is 5.89. The van der Waals surface area contributed by atoms with Crippen molar-refractivity contribution in [1.29, 1.82) is 5.26 Å². The average Bonchev–Trinajstić information content (AvgIpc) is 2.60. The van der Waals surface area contributed by atoms with E-state index in [-0.39, 0.29) is 6.42 Å². The molecule has 1 N–H and O–H groups in total. The Bertz CT molecular complexity index is 853. The second-order valence-electron chi connectivity index (χ2n) is 5.04. The van der Waals surface area contributed by atoms with E-state index in [1.54, 1.807) is 7.11 Å². The number of methoxy groups -OCH3 is 1. The number of fused-ring (bicyclic) bond motifs is 1. The molecule has 3 rings (SSSR count). The van der Waals surface area contributed by atoms with Crippen LogP contribution in [-0.2, 0) is 13.0 Å². The van der Waals surface area contributed by atoms with Gasteiger partial charge in [0, 0.05) is 11.9 Å². The van der Waals surface area contributed by atoms with Crippen LogP contribution in [0.3, 0.4) is 0 Å². The molecule has 1 heterocycles. The van der Waals surface area contributed by atoms with E-state index in [0.717, 1.165) is 28.0 Å². The fraction of sp³-hybridized carbons (Fsp3) is 0.167. The minimum absolute atomic E-state index is 0.196. The maximum absolute atomic E-state index is 8.88. The molecule has 0 aliphatic heterocycles. The second kappa shape index (κ2) is 6.75. The lowest BCUT2D eigenvalue weighted by Gasteiger charge is -2.10. The number of rotatable bonds is 5. The molecule has 0 aliphatic rings. The van der Waals surface area contributed by atoms with E-state index < -0.39 is 0 Å². The lowest BCUT2D eigenvalue weighted by atomic mass is 10.2. The molecule has 0 saturated carbocycles. The highest BCUT2D eigenvalue weighted by atomic mass is 16.5. The monoisotopic (exact) mass is 304 g/mol. The summed E-state index contributed by atoms with van der Waals surface area (Å²) < 4.78 is 5.16. The number of nitriles is 1. The zero-order valence-corrected chi connectivity index (χ0v) is 12.8. The number of nitrogens with one attached hydrogen (secondary N) is 1. The first kappa shape index (κ1) is 14.8. The minimum atomic E-state index is 0.196. The zero-order valence-electron chi connectivity index (χ0n) is 12.8. The van der Waals surface area contributed by atoms with Crippen LogP contribution >= 0.6 is 0 Å². The number of hydrogen-bond donors (Lipinski definition) is 1. The largest absolute Gasteiger partial charge is 0.497 e. The summed E-state index contributed by atoms with van der Waals surface area (Å²) in [6.07, 6.45) is 0.196.